The summed E-state index contributed by atoms with van der Waals surface area (Å²) in [6, 6.07) is 0. The first-order valence-electron chi connectivity index (χ1n) is 4.86. The predicted octanol–water partition coefficient (Wildman–Crippen LogP) is 2.61. The summed E-state index contributed by atoms with van der Waals surface area (Å²) in [6.45, 7) is 4.84. The minimum Gasteiger partial charge on any atom is -0.380 e. The van der Waals surface area contributed by atoms with Crippen LogP contribution in [0.5, 0.6) is 0 Å². The second-order valence-electron chi connectivity index (χ2n) is 3.42. The maximum Gasteiger partial charge on any atom is 0.0739 e. The van der Waals surface area contributed by atoms with Crippen LogP contribution in [0.4, 0.5) is 0 Å². The Morgan fingerprint density at radius 3 is 2.93 bits per heavy atom. The standard InChI is InChI=1S/C10H17ClN2O/c1-4-10(11)9-5-12-13(7-9)6-8(2)14-3/h5,7-8,10H,4,6H2,1-3H3. The monoisotopic (exact) mass is 216 g/mol. The van der Waals surface area contributed by atoms with Crippen molar-refractivity contribution in [2.45, 2.75) is 38.3 Å². The Kier molecular flexibility index (Phi) is 4.42. The Morgan fingerprint density at radius 1 is 1.64 bits per heavy atom. The van der Waals surface area contributed by atoms with Gasteiger partial charge in [-0.2, -0.15) is 5.10 Å². The van der Waals surface area contributed by atoms with Crippen molar-refractivity contribution < 1.29 is 4.74 Å². The molecule has 0 bridgehead atoms. The Bertz CT molecular complexity index is 275. The van der Waals surface area contributed by atoms with Gasteiger partial charge in [0.05, 0.1) is 24.2 Å². The van der Waals surface area contributed by atoms with Crippen LogP contribution in [-0.2, 0) is 11.3 Å². The van der Waals surface area contributed by atoms with E-state index in [1.54, 1.807) is 7.11 Å². The molecule has 3 nitrogen and oxygen atoms in total. The number of halogens is 1. The predicted molar refractivity (Wildman–Crippen MR) is 57.6 cm³/mol. The SMILES string of the molecule is CCC(Cl)c1cnn(CC(C)OC)c1. The molecule has 4 heteroatoms. The highest BCUT2D eigenvalue weighted by Gasteiger charge is 2.09. The molecule has 1 rings (SSSR count). The molecule has 1 aromatic rings. The van der Waals surface area contributed by atoms with Gasteiger partial charge in [-0.05, 0) is 13.3 Å². The average Bonchev–Trinajstić information content (AvgIpc) is 2.65. The molecular weight excluding hydrogens is 200 g/mol. The van der Waals surface area contributed by atoms with Gasteiger partial charge in [-0.25, -0.2) is 0 Å². The van der Waals surface area contributed by atoms with E-state index in [4.69, 9.17) is 16.3 Å². The fourth-order valence-electron chi connectivity index (χ4n) is 1.21. The zero-order valence-corrected chi connectivity index (χ0v) is 9.66. The van der Waals surface area contributed by atoms with Crippen LogP contribution < -0.4 is 0 Å². The van der Waals surface area contributed by atoms with E-state index >= 15 is 0 Å². The number of aromatic nitrogens is 2. The minimum absolute atomic E-state index is 0.0709. The van der Waals surface area contributed by atoms with Crippen LogP contribution >= 0.6 is 11.6 Å². The first-order valence-corrected chi connectivity index (χ1v) is 5.30. The van der Waals surface area contributed by atoms with Gasteiger partial charge in [-0.1, -0.05) is 6.92 Å². The van der Waals surface area contributed by atoms with Crippen molar-refractivity contribution in [2.75, 3.05) is 7.11 Å². The summed E-state index contributed by atoms with van der Waals surface area (Å²) >= 11 is 6.09. The van der Waals surface area contributed by atoms with Crippen molar-refractivity contribution in [3.05, 3.63) is 18.0 Å². The smallest absolute Gasteiger partial charge is 0.0739 e. The summed E-state index contributed by atoms with van der Waals surface area (Å²) in [5, 5.41) is 4.30. The molecule has 0 radical (unpaired) electrons. The average molecular weight is 217 g/mol. The lowest BCUT2D eigenvalue weighted by molar-refractivity contribution is 0.0998. The zero-order chi connectivity index (χ0) is 10.6. The molecule has 0 aliphatic rings. The highest BCUT2D eigenvalue weighted by atomic mass is 35.5. The Labute approximate surface area is 90.0 Å². The molecule has 80 valence electrons. The van der Waals surface area contributed by atoms with Gasteiger partial charge in [0.2, 0.25) is 0 Å². The lowest BCUT2D eigenvalue weighted by Crippen LogP contribution is -2.14. The molecular formula is C10H17ClN2O. The van der Waals surface area contributed by atoms with Gasteiger partial charge in [0.15, 0.2) is 0 Å². The zero-order valence-electron chi connectivity index (χ0n) is 8.90. The first-order chi connectivity index (χ1) is 6.67. The number of nitrogens with zero attached hydrogens (tertiary/aromatic N) is 2. The van der Waals surface area contributed by atoms with Gasteiger partial charge in [-0.3, -0.25) is 4.68 Å². The van der Waals surface area contributed by atoms with E-state index in [-0.39, 0.29) is 11.5 Å². The van der Waals surface area contributed by atoms with Crippen LogP contribution in [0.25, 0.3) is 0 Å². The van der Waals surface area contributed by atoms with E-state index < -0.39 is 0 Å². The van der Waals surface area contributed by atoms with Crippen LogP contribution in [0.15, 0.2) is 12.4 Å². The fourth-order valence-corrected chi connectivity index (χ4v) is 1.33. The van der Waals surface area contributed by atoms with Crippen molar-refractivity contribution in [3.8, 4) is 0 Å². The summed E-state index contributed by atoms with van der Waals surface area (Å²) in [5.41, 5.74) is 1.08. The molecule has 2 unspecified atom stereocenters. The van der Waals surface area contributed by atoms with Crippen molar-refractivity contribution >= 4 is 11.6 Å². The number of hydrogen-bond donors (Lipinski definition) is 0. The Balaban J connectivity index is 2.59. The first kappa shape index (κ1) is 11.5. The maximum absolute atomic E-state index is 6.09. The number of ether oxygens (including phenoxy) is 1. The largest absolute Gasteiger partial charge is 0.380 e. The molecule has 0 saturated carbocycles. The fraction of sp³-hybridized carbons (Fsp3) is 0.700. The molecule has 0 spiro atoms. The number of methoxy groups -OCH3 is 1. The molecule has 2 atom stereocenters. The molecule has 14 heavy (non-hydrogen) atoms. The third-order valence-electron chi connectivity index (χ3n) is 2.22. The van der Waals surface area contributed by atoms with Gasteiger partial charge < -0.3 is 4.74 Å². The van der Waals surface area contributed by atoms with Crippen molar-refractivity contribution in [2.24, 2.45) is 0 Å². The summed E-state index contributed by atoms with van der Waals surface area (Å²) < 4.78 is 7.03. The van der Waals surface area contributed by atoms with Crippen molar-refractivity contribution in [1.82, 2.24) is 9.78 Å². The topological polar surface area (TPSA) is 27.1 Å². The third-order valence-corrected chi connectivity index (χ3v) is 2.78. The van der Waals surface area contributed by atoms with Crippen LogP contribution in [0.2, 0.25) is 0 Å². The molecule has 0 aliphatic heterocycles. The number of alkyl halides is 1. The summed E-state index contributed by atoms with van der Waals surface area (Å²) in [6.07, 6.45) is 4.91. The van der Waals surface area contributed by atoms with Crippen LogP contribution in [0.3, 0.4) is 0 Å². The van der Waals surface area contributed by atoms with Crippen LogP contribution in [-0.4, -0.2) is 23.0 Å². The van der Waals surface area contributed by atoms with E-state index in [9.17, 15) is 0 Å². The highest BCUT2D eigenvalue weighted by molar-refractivity contribution is 6.20. The van der Waals surface area contributed by atoms with E-state index in [0.717, 1.165) is 18.5 Å². The van der Waals surface area contributed by atoms with Gasteiger partial charge in [0, 0.05) is 18.9 Å². The van der Waals surface area contributed by atoms with E-state index in [0.29, 0.717) is 0 Å². The molecule has 1 heterocycles. The molecule has 0 saturated heterocycles. The van der Waals surface area contributed by atoms with Crippen molar-refractivity contribution in [1.29, 1.82) is 0 Å². The quantitative estimate of drug-likeness (QED) is 0.708. The summed E-state index contributed by atoms with van der Waals surface area (Å²) in [4.78, 5) is 0. The number of hydrogen-bond acceptors (Lipinski definition) is 2. The maximum atomic E-state index is 6.09. The van der Waals surface area contributed by atoms with Gasteiger partial charge in [0.1, 0.15) is 0 Å². The molecule has 1 aromatic heterocycles. The number of rotatable bonds is 5. The van der Waals surface area contributed by atoms with Crippen LogP contribution in [0.1, 0.15) is 31.2 Å². The third kappa shape index (κ3) is 3.00. The summed E-state index contributed by atoms with van der Waals surface area (Å²) in [5.74, 6) is 0. The second kappa shape index (κ2) is 5.37. The normalized spacial score (nSPS) is 15.4. The Morgan fingerprint density at radius 2 is 2.36 bits per heavy atom. The van der Waals surface area contributed by atoms with E-state index in [1.807, 2.05) is 24.0 Å². The highest BCUT2D eigenvalue weighted by Crippen LogP contribution is 2.22. The minimum atomic E-state index is 0.0709. The molecule has 0 N–H and O–H groups in total. The van der Waals surface area contributed by atoms with Gasteiger partial charge in [0.25, 0.3) is 0 Å². The van der Waals surface area contributed by atoms with E-state index in [2.05, 4.69) is 12.0 Å². The second-order valence-corrected chi connectivity index (χ2v) is 3.94. The Hall–Kier alpha value is -0.540. The summed E-state index contributed by atoms with van der Waals surface area (Å²) in [7, 11) is 1.70. The molecule has 0 aromatic carbocycles. The lowest BCUT2D eigenvalue weighted by Gasteiger charge is -2.08. The lowest BCUT2D eigenvalue weighted by atomic mass is 10.2. The van der Waals surface area contributed by atoms with Crippen molar-refractivity contribution in [3.63, 3.8) is 0 Å². The van der Waals surface area contributed by atoms with Gasteiger partial charge >= 0.3 is 0 Å². The van der Waals surface area contributed by atoms with E-state index in [1.165, 1.54) is 0 Å². The van der Waals surface area contributed by atoms with Gasteiger partial charge in [-0.15, -0.1) is 11.6 Å². The molecule has 0 amide bonds. The molecule has 0 aliphatic carbocycles. The molecule has 0 fully saturated rings. The van der Waals surface area contributed by atoms with Crippen LogP contribution in [0, 0.1) is 0 Å².